The highest BCUT2D eigenvalue weighted by Crippen LogP contribution is 2.19. The minimum Gasteiger partial charge on any atom is -0.497 e. The van der Waals surface area contributed by atoms with E-state index in [9.17, 15) is 0 Å². The standard InChI is InChI=1S/C22H26N4O2/c1-15-11-16(2)13-18(12-15)25-22-24-17(3)14-21(26-22)23-9-10-28-20-7-5-19(27-4)6-8-20/h5-8,11-14H,9-10H2,1-4H3,(H2,23,24,25,26). The Balaban J connectivity index is 1.56. The van der Waals surface area contributed by atoms with Crippen molar-refractivity contribution >= 4 is 17.5 Å². The van der Waals surface area contributed by atoms with Crippen LogP contribution in [0.4, 0.5) is 17.5 Å². The van der Waals surface area contributed by atoms with Gasteiger partial charge in [0, 0.05) is 17.4 Å². The van der Waals surface area contributed by atoms with Gasteiger partial charge in [-0.15, -0.1) is 0 Å². The zero-order valence-corrected chi connectivity index (χ0v) is 16.7. The summed E-state index contributed by atoms with van der Waals surface area (Å²) in [4.78, 5) is 9.03. The van der Waals surface area contributed by atoms with Crippen molar-refractivity contribution < 1.29 is 9.47 Å². The topological polar surface area (TPSA) is 68.3 Å². The Bertz CT molecular complexity index is 906. The van der Waals surface area contributed by atoms with Gasteiger partial charge < -0.3 is 20.1 Å². The first kappa shape index (κ1) is 19.5. The van der Waals surface area contributed by atoms with Crippen LogP contribution in [0.15, 0.2) is 48.5 Å². The van der Waals surface area contributed by atoms with Gasteiger partial charge in [0.2, 0.25) is 5.95 Å². The van der Waals surface area contributed by atoms with E-state index in [4.69, 9.17) is 9.47 Å². The van der Waals surface area contributed by atoms with Gasteiger partial charge in [0.25, 0.3) is 0 Å². The molecule has 0 spiro atoms. The molecule has 0 aliphatic heterocycles. The van der Waals surface area contributed by atoms with E-state index in [1.807, 2.05) is 37.3 Å². The predicted octanol–water partition coefficient (Wildman–Crippen LogP) is 4.64. The number of benzene rings is 2. The van der Waals surface area contributed by atoms with Crippen LogP contribution in [0, 0.1) is 20.8 Å². The van der Waals surface area contributed by atoms with Crippen molar-refractivity contribution in [1.29, 1.82) is 0 Å². The van der Waals surface area contributed by atoms with E-state index in [1.54, 1.807) is 7.11 Å². The van der Waals surface area contributed by atoms with Crippen LogP contribution < -0.4 is 20.1 Å². The minimum atomic E-state index is 0.523. The van der Waals surface area contributed by atoms with E-state index < -0.39 is 0 Å². The zero-order valence-electron chi connectivity index (χ0n) is 16.7. The molecule has 146 valence electrons. The lowest BCUT2D eigenvalue weighted by atomic mass is 10.1. The van der Waals surface area contributed by atoms with Crippen LogP contribution in [0.3, 0.4) is 0 Å². The van der Waals surface area contributed by atoms with Gasteiger partial charge in [-0.1, -0.05) is 6.07 Å². The van der Waals surface area contributed by atoms with Gasteiger partial charge in [-0.2, -0.15) is 4.98 Å². The van der Waals surface area contributed by atoms with Crippen molar-refractivity contribution in [2.75, 3.05) is 30.9 Å². The third kappa shape index (κ3) is 5.61. The molecule has 2 N–H and O–H groups in total. The van der Waals surface area contributed by atoms with Crippen LogP contribution in [0.5, 0.6) is 11.5 Å². The molecule has 0 saturated heterocycles. The van der Waals surface area contributed by atoms with Crippen LogP contribution in [0.2, 0.25) is 0 Å². The highest BCUT2D eigenvalue weighted by Gasteiger charge is 2.04. The zero-order chi connectivity index (χ0) is 19.9. The van der Waals surface area contributed by atoms with Crippen LogP contribution in [0.1, 0.15) is 16.8 Å². The molecular weight excluding hydrogens is 352 g/mol. The highest BCUT2D eigenvalue weighted by atomic mass is 16.5. The molecule has 0 aliphatic carbocycles. The maximum Gasteiger partial charge on any atom is 0.229 e. The molecule has 0 unspecified atom stereocenters. The van der Waals surface area contributed by atoms with Crippen LogP contribution in [0.25, 0.3) is 0 Å². The molecule has 0 atom stereocenters. The SMILES string of the molecule is COc1ccc(OCCNc2cc(C)nc(Nc3cc(C)cc(C)c3)n2)cc1. The lowest BCUT2D eigenvalue weighted by molar-refractivity contribution is 0.331. The number of aryl methyl sites for hydroxylation is 3. The number of ether oxygens (including phenoxy) is 2. The van der Waals surface area contributed by atoms with Gasteiger partial charge in [0.1, 0.15) is 23.9 Å². The summed E-state index contributed by atoms with van der Waals surface area (Å²) in [5.74, 6) is 2.95. The molecule has 0 amide bonds. The quantitative estimate of drug-likeness (QED) is 0.556. The second-order valence-electron chi connectivity index (χ2n) is 6.67. The van der Waals surface area contributed by atoms with Crippen molar-refractivity contribution in [3.05, 3.63) is 65.4 Å². The lowest BCUT2D eigenvalue weighted by Crippen LogP contribution is -2.13. The van der Waals surface area contributed by atoms with Crippen molar-refractivity contribution in [3.63, 3.8) is 0 Å². The van der Waals surface area contributed by atoms with Crippen molar-refractivity contribution in [3.8, 4) is 11.5 Å². The summed E-state index contributed by atoms with van der Waals surface area (Å²) in [6.45, 7) is 7.25. The van der Waals surface area contributed by atoms with Crippen molar-refractivity contribution in [2.45, 2.75) is 20.8 Å². The molecule has 1 aromatic heterocycles. The maximum atomic E-state index is 5.73. The van der Waals surface area contributed by atoms with Crippen LogP contribution in [-0.2, 0) is 0 Å². The Morgan fingerprint density at radius 2 is 1.54 bits per heavy atom. The summed E-state index contributed by atoms with van der Waals surface area (Å²) < 4.78 is 10.9. The fourth-order valence-corrected chi connectivity index (χ4v) is 2.91. The van der Waals surface area contributed by atoms with Gasteiger partial charge in [-0.25, -0.2) is 4.98 Å². The first-order valence-electron chi connectivity index (χ1n) is 9.23. The van der Waals surface area contributed by atoms with E-state index in [0.717, 1.165) is 28.7 Å². The summed E-state index contributed by atoms with van der Waals surface area (Å²) in [6, 6.07) is 15.7. The fourth-order valence-electron chi connectivity index (χ4n) is 2.91. The first-order valence-corrected chi connectivity index (χ1v) is 9.23. The molecule has 0 saturated carbocycles. The summed E-state index contributed by atoms with van der Waals surface area (Å²) in [7, 11) is 1.65. The third-order valence-corrected chi connectivity index (χ3v) is 4.07. The normalized spacial score (nSPS) is 10.4. The second kappa shape index (κ2) is 9.08. The van der Waals surface area contributed by atoms with Crippen LogP contribution in [-0.4, -0.2) is 30.2 Å². The van der Waals surface area contributed by atoms with E-state index in [1.165, 1.54) is 11.1 Å². The van der Waals surface area contributed by atoms with E-state index in [-0.39, 0.29) is 0 Å². The number of hydrogen-bond acceptors (Lipinski definition) is 6. The Morgan fingerprint density at radius 3 is 2.21 bits per heavy atom. The number of aromatic nitrogens is 2. The maximum absolute atomic E-state index is 5.73. The van der Waals surface area contributed by atoms with E-state index >= 15 is 0 Å². The fraction of sp³-hybridized carbons (Fsp3) is 0.273. The number of rotatable bonds is 8. The molecule has 2 aromatic carbocycles. The number of nitrogens with zero attached hydrogens (tertiary/aromatic N) is 2. The van der Waals surface area contributed by atoms with E-state index in [0.29, 0.717) is 19.1 Å². The Hall–Kier alpha value is -3.28. The lowest BCUT2D eigenvalue weighted by Gasteiger charge is -2.12. The molecule has 0 aliphatic rings. The highest BCUT2D eigenvalue weighted by molar-refractivity contribution is 5.57. The summed E-state index contributed by atoms with van der Waals surface area (Å²) in [6.07, 6.45) is 0. The van der Waals surface area contributed by atoms with Gasteiger partial charge in [0.15, 0.2) is 0 Å². The molecule has 0 radical (unpaired) electrons. The molecule has 3 aromatic rings. The molecular formula is C22H26N4O2. The Morgan fingerprint density at radius 1 is 0.857 bits per heavy atom. The summed E-state index contributed by atoms with van der Waals surface area (Å²) in [5.41, 5.74) is 4.27. The molecule has 3 rings (SSSR count). The molecule has 1 heterocycles. The van der Waals surface area contributed by atoms with Gasteiger partial charge in [-0.05, 0) is 68.3 Å². The van der Waals surface area contributed by atoms with Gasteiger partial charge in [0.05, 0.1) is 13.7 Å². The largest absolute Gasteiger partial charge is 0.497 e. The number of anilines is 3. The minimum absolute atomic E-state index is 0.523. The molecule has 6 heteroatoms. The molecule has 28 heavy (non-hydrogen) atoms. The van der Waals surface area contributed by atoms with Gasteiger partial charge >= 0.3 is 0 Å². The average molecular weight is 378 g/mol. The Kier molecular flexibility index (Phi) is 6.32. The molecule has 0 bridgehead atoms. The van der Waals surface area contributed by atoms with Crippen LogP contribution >= 0.6 is 0 Å². The number of methoxy groups -OCH3 is 1. The summed E-state index contributed by atoms with van der Waals surface area (Å²) in [5, 5.41) is 6.57. The Labute approximate surface area is 166 Å². The first-order chi connectivity index (χ1) is 13.5. The van der Waals surface area contributed by atoms with Crippen molar-refractivity contribution in [2.24, 2.45) is 0 Å². The van der Waals surface area contributed by atoms with Gasteiger partial charge in [-0.3, -0.25) is 0 Å². The van der Waals surface area contributed by atoms with Crippen molar-refractivity contribution in [1.82, 2.24) is 9.97 Å². The molecule has 0 fully saturated rings. The average Bonchev–Trinajstić information content (AvgIpc) is 2.64. The number of hydrogen-bond donors (Lipinski definition) is 2. The van der Waals surface area contributed by atoms with E-state index in [2.05, 4.69) is 52.6 Å². The third-order valence-electron chi connectivity index (χ3n) is 4.07. The predicted molar refractivity (Wildman–Crippen MR) is 113 cm³/mol. The monoisotopic (exact) mass is 378 g/mol. The second-order valence-corrected chi connectivity index (χ2v) is 6.67. The number of nitrogens with one attached hydrogen (secondary N) is 2. The molecule has 6 nitrogen and oxygen atoms in total. The summed E-state index contributed by atoms with van der Waals surface area (Å²) >= 11 is 0. The smallest absolute Gasteiger partial charge is 0.229 e.